The quantitative estimate of drug-likeness (QED) is 0.816. The highest BCUT2D eigenvalue weighted by atomic mass is 35.5. The molecular formula is C20H19ClN2O3. The van der Waals surface area contributed by atoms with Gasteiger partial charge in [0.2, 0.25) is 5.91 Å². The minimum absolute atomic E-state index is 0.162. The topological polar surface area (TPSA) is 66.5 Å². The normalized spacial score (nSPS) is 13.1. The van der Waals surface area contributed by atoms with Crippen LogP contribution < -0.4 is 5.32 Å². The second-order valence-electron chi connectivity index (χ2n) is 6.07. The lowest BCUT2D eigenvalue weighted by Crippen LogP contribution is -2.37. The lowest BCUT2D eigenvalue weighted by molar-refractivity contribution is -0.116. The molecule has 2 aromatic carbocycles. The molecule has 0 bridgehead atoms. The van der Waals surface area contributed by atoms with Crippen molar-refractivity contribution in [3.8, 4) is 0 Å². The van der Waals surface area contributed by atoms with Crippen molar-refractivity contribution < 1.29 is 14.4 Å². The summed E-state index contributed by atoms with van der Waals surface area (Å²) in [4.78, 5) is 38.4. The van der Waals surface area contributed by atoms with E-state index in [1.165, 1.54) is 0 Å². The molecule has 0 aliphatic carbocycles. The molecule has 1 heterocycles. The van der Waals surface area contributed by atoms with Crippen molar-refractivity contribution in [2.45, 2.75) is 26.7 Å². The minimum atomic E-state index is -0.537. The Morgan fingerprint density at radius 2 is 1.62 bits per heavy atom. The number of hydrogen-bond acceptors (Lipinski definition) is 3. The highest BCUT2D eigenvalue weighted by Gasteiger charge is 2.38. The van der Waals surface area contributed by atoms with Crippen molar-refractivity contribution in [2.24, 2.45) is 0 Å². The third-order valence-electron chi connectivity index (χ3n) is 4.51. The fraction of sp³-hybridized carbons (Fsp3) is 0.250. The maximum absolute atomic E-state index is 12.5. The van der Waals surface area contributed by atoms with E-state index in [0.717, 1.165) is 34.6 Å². The molecule has 0 saturated heterocycles. The van der Waals surface area contributed by atoms with Crippen LogP contribution in [0.3, 0.4) is 0 Å². The fourth-order valence-corrected chi connectivity index (χ4v) is 3.42. The number of carbonyl (C=O) groups is 3. The van der Waals surface area contributed by atoms with Gasteiger partial charge in [0.1, 0.15) is 6.54 Å². The molecule has 1 aliphatic rings. The average molecular weight is 371 g/mol. The third kappa shape index (κ3) is 3.10. The van der Waals surface area contributed by atoms with E-state index in [0.29, 0.717) is 0 Å². The molecule has 0 aromatic heterocycles. The van der Waals surface area contributed by atoms with Crippen molar-refractivity contribution in [1.82, 2.24) is 4.90 Å². The Morgan fingerprint density at radius 1 is 1.00 bits per heavy atom. The summed E-state index contributed by atoms with van der Waals surface area (Å²) in [7, 11) is 0. The number of aryl methyl sites for hydroxylation is 2. The van der Waals surface area contributed by atoms with Gasteiger partial charge in [-0.3, -0.25) is 19.3 Å². The number of carbonyl (C=O) groups excluding carboxylic acids is 3. The Labute approximate surface area is 156 Å². The van der Waals surface area contributed by atoms with Crippen molar-refractivity contribution >= 4 is 35.0 Å². The van der Waals surface area contributed by atoms with E-state index in [9.17, 15) is 14.4 Å². The number of rotatable bonds is 5. The zero-order chi connectivity index (χ0) is 18.8. The first kappa shape index (κ1) is 18.1. The van der Waals surface area contributed by atoms with Crippen molar-refractivity contribution in [3.05, 3.63) is 63.7 Å². The molecule has 3 amide bonds. The highest BCUT2D eigenvalue weighted by Crippen LogP contribution is 2.29. The summed E-state index contributed by atoms with van der Waals surface area (Å²) in [5, 5.41) is 3.09. The number of anilines is 1. The summed E-state index contributed by atoms with van der Waals surface area (Å²) in [5.41, 5.74) is 3.19. The summed E-state index contributed by atoms with van der Waals surface area (Å²) >= 11 is 6.04. The van der Waals surface area contributed by atoms with Crippen molar-refractivity contribution in [3.63, 3.8) is 0 Å². The van der Waals surface area contributed by atoms with Gasteiger partial charge in [0.05, 0.1) is 16.1 Å². The van der Waals surface area contributed by atoms with Crippen LogP contribution in [0.15, 0.2) is 36.4 Å². The molecule has 1 N–H and O–H groups in total. The number of para-hydroxylation sites is 1. The molecule has 0 radical (unpaired) electrons. The van der Waals surface area contributed by atoms with E-state index in [1.807, 2.05) is 32.0 Å². The van der Waals surface area contributed by atoms with Gasteiger partial charge in [0.25, 0.3) is 11.8 Å². The summed E-state index contributed by atoms with van der Waals surface area (Å²) in [6.45, 7) is 3.68. The second kappa shape index (κ2) is 7.30. The first-order valence-electron chi connectivity index (χ1n) is 8.53. The Bertz CT molecular complexity index is 886. The number of benzene rings is 2. The lowest BCUT2D eigenvalue weighted by atomic mass is 10.0. The van der Waals surface area contributed by atoms with Gasteiger partial charge in [-0.25, -0.2) is 0 Å². The van der Waals surface area contributed by atoms with Crippen molar-refractivity contribution in [1.29, 1.82) is 0 Å². The van der Waals surface area contributed by atoms with Crippen LogP contribution in [0, 0.1) is 0 Å². The van der Waals surface area contributed by atoms with E-state index >= 15 is 0 Å². The summed E-state index contributed by atoms with van der Waals surface area (Å²) < 4.78 is 0. The van der Waals surface area contributed by atoms with Gasteiger partial charge in [-0.05, 0) is 36.1 Å². The third-order valence-corrected chi connectivity index (χ3v) is 4.83. The van der Waals surface area contributed by atoms with Gasteiger partial charge in [-0.2, -0.15) is 0 Å². The van der Waals surface area contributed by atoms with Crippen LogP contribution in [0.1, 0.15) is 45.7 Å². The minimum Gasteiger partial charge on any atom is -0.324 e. The zero-order valence-electron chi connectivity index (χ0n) is 14.6. The standard InChI is InChI=1S/C20H19ClN2O3/c1-3-12-7-5-8-13(4-2)18(12)22-16(24)11-23-19(25)14-9-6-10-15(21)17(14)20(23)26/h5-10H,3-4,11H2,1-2H3,(H,22,24). The second-order valence-corrected chi connectivity index (χ2v) is 6.47. The predicted octanol–water partition coefficient (Wildman–Crippen LogP) is 3.70. The Morgan fingerprint density at radius 3 is 2.19 bits per heavy atom. The number of amides is 3. The maximum Gasteiger partial charge on any atom is 0.263 e. The lowest BCUT2D eigenvalue weighted by Gasteiger charge is -2.17. The summed E-state index contributed by atoms with van der Waals surface area (Å²) in [5.74, 6) is -1.45. The van der Waals surface area contributed by atoms with Crippen LogP contribution >= 0.6 is 11.6 Å². The first-order valence-corrected chi connectivity index (χ1v) is 8.91. The van der Waals surface area contributed by atoms with Crippen LogP contribution in [0.25, 0.3) is 0 Å². The molecule has 0 atom stereocenters. The fourth-order valence-electron chi connectivity index (χ4n) is 3.16. The first-order chi connectivity index (χ1) is 12.5. The number of fused-ring (bicyclic) bond motifs is 1. The molecule has 2 aromatic rings. The van der Waals surface area contributed by atoms with Crippen LogP contribution in [0.5, 0.6) is 0 Å². The molecule has 3 rings (SSSR count). The zero-order valence-corrected chi connectivity index (χ0v) is 15.4. The molecule has 5 nitrogen and oxygen atoms in total. The molecule has 1 aliphatic heterocycles. The predicted molar refractivity (Wildman–Crippen MR) is 101 cm³/mol. The SMILES string of the molecule is CCc1cccc(CC)c1NC(=O)CN1C(=O)c2cccc(Cl)c2C1=O. The van der Waals surface area contributed by atoms with Crippen LogP contribution in [0.2, 0.25) is 5.02 Å². The molecule has 134 valence electrons. The van der Waals surface area contributed by atoms with E-state index < -0.39 is 17.7 Å². The smallest absolute Gasteiger partial charge is 0.263 e. The molecule has 6 heteroatoms. The number of halogens is 1. The van der Waals surface area contributed by atoms with E-state index in [1.54, 1.807) is 18.2 Å². The number of imide groups is 1. The highest BCUT2D eigenvalue weighted by molar-refractivity contribution is 6.37. The molecule has 0 unspecified atom stereocenters. The van der Waals surface area contributed by atoms with Crippen LogP contribution in [0.4, 0.5) is 5.69 Å². The molecule has 0 fully saturated rings. The Hall–Kier alpha value is -2.66. The van der Waals surface area contributed by atoms with Crippen LogP contribution in [-0.4, -0.2) is 29.2 Å². The van der Waals surface area contributed by atoms with E-state index in [4.69, 9.17) is 11.6 Å². The largest absolute Gasteiger partial charge is 0.324 e. The van der Waals surface area contributed by atoms with Gasteiger partial charge in [-0.1, -0.05) is 49.7 Å². The number of hydrogen-bond donors (Lipinski definition) is 1. The van der Waals surface area contributed by atoms with Gasteiger partial charge in [0, 0.05) is 5.69 Å². The van der Waals surface area contributed by atoms with E-state index in [2.05, 4.69) is 5.32 Å². The van der Waals surface area contributed by atoms with Gasteiger partial charge < -0.3 is 5.32 Å². The summed E-state index contributed by atoms with van der Waals surface area (Å²) in [6.07, 6.45) is 1.54. The molecule has 0 spiro atoms. The van der Waals surface area contributed by atoms with Gasteiger partial charge >= 0.3 is 0 Å². The molecular weight excluding hydrogens is 352 g/mol. The van der Waals surface area contributed by atoms with E-state index in [-0.39, 0.29) is 22.7 Å². The molecule has 0 saturated carbocycles. The molecule has 26 heavy (non-hydrogen) atoms. The van der Waals surface area contributed by atoms with Crippen molar-refractivity contribution in [2.75, 3.05) is 11.9 Å². The van der Waals surface area contributed by atoms with Gasteiger partial charge in [-0.15, -0.1) is 0 Å². The maximum atomic E-state index is 12.5. The Balaban J connectivity index is 1.81. The number of nitrogens with one attached hydrogen (secondary N) is 1. The number of nitrogens with zero attached hydrogens (tertiary/aromatic N) is 1. The summed E-state index contributed by atoms with van der Waals surface area (Å²) in [6, 6.07) is 10.6. The average Bonchev–Trinajstić information content (AvgIpc) is 2.87. The monoisotopic (exact) mass is 370 g/mol. The Kier molecular flexibility index (Phi) is 5.09. The van der Waals surface area contributed by atoms with Crippen LogP contribution in [-0.2, 0) is 17.6 Å². The van der Waals surface area contributed by atoms with Gasteiger partial charge in [0.15, 0.2) is 0 Å².